The fourth-order valence-electron chi connectivity index (χ4n) is 1.75. The normalized spacial score (nSPS) is 19.6. The molecule has 0 bridgehead atoms. The van der Waals surface area contributed by atoms with Crippen LogP contribution in [0.1, 0.15) is 10.4 Å². The fraction of sp³-hybridized carbons (Fsp3) is 0.364. The van der Waals surface area contributed by atoms with Gasteiger partial charge in [0.15, 0.2) is 5.82 Å². The molecule has 1 saturated heterocycles. The van der Waals surface area contributed by atoms with Crippen molar-refractivity contribution < 1.29 is 19.1 Å². The van der Waals surface area contributed by atoms with E-state index in [-0.39, 0.29) is 5.56 Å². The van der Waals surface area contributed by atoms with Crippen molar-refractivity contribution in [3.05, 3.63) is 29.8 Å². The molecular weight excluding hydrogens is 259 g/mol. The van der Waals surface area contributed by atoms with Crippen molar-refractivity contribution in [3.8, 4) is 0 Å². The third-order valence-electron chi connectivity index (χ3n) is 2.68. The molecule has 0 radical (unpaired) electrons. The summed E-state index contributed by atoms with van der Waals surface area (Å²) < 4.78 is 13.5. The number of halogens is 1. The van der Waals surface area contributed by atoms with Crippen LogP contribution in [0.15, 0.2) is 18.5 Å². The van der Waals surface area contributed by atoms with E-state index in [2.05, 4.69) is 4.98 Å². The number of carbonyl (C=O) groups excluding carboxylic acids is 1. The molecular formula is C11H11FN2O3S. The molecule has 96 valence electrons. The van der Waals surface area contributed by atoms with Gasteiger partial charge in [0.1, 0.15) is 6.04 Å². The summed E-state index contributed by atoms with van der Waals surface area (Å²) in [5.74, 6) is -1.41. The van der Waals surface area contributed by atoms with E-state index in [0.29, 0.717) is 18.1 Å². The molecule has 1 N–H and O–H groups in total. The van der Waals surface area contributed by atoms with E-state index in [1.165, 1.54) is 28.9 Å². The molecule has 5 nitrogen and oxygen atoms in total. The first kappa shape index (κ1) is 12.8. The first-order chi connectivity index (χ1) is 8.61. The molecule has 0 aliphatic carbocycles. The van der Waals surface area contributed by atoms with Gasteiger partial charge in [0.05, 0.1) is 11.8 Å². The molecule has 2 rings (SSSR count). The maximum absolute atomic E-state index is 13.5. The van der Waals surface area contributed by atoms with Gasteiger partial charge < -0.3 is 10.0 Å². The molecule has 1 aromatic heterocycles. The van der Waals surface area contributed by atoms with E-state index in [1.54, 1.807) is 0 Å². The molecule has 1 aliphatic rings. The van der Waals surface area contributed by atoms with Gasteiger partial charge >= 0.3 is 5.97 Å². The van der Waals surface area contributed by atoms with Crippen LogP contribution in [-0.2, 0) is 4.79 Å². The summed E-state index contributed by atoms with van der Waals surface area (Å²) in [4.78, 5) is 28.0. The quantitative estimate of drug-likeness (QED) is 0.863. The highest BCUT2D eigenvalue weighted by molar-refractivity contribution is 7.99. The average Bonchev–Trinajstić information content (AvgIpc) is 2.38. The number of thioether (sulfide) groups is 1. The smallest absolute Gasteiger partial charge is 0.327 e. The lowest BCUT2D eigenvalue weighted by atomic mass is 10.2. The zero-order chi connectivity index (χ0) is 13.1. The molecule has 1 aromatic rings. The van der Waals surface area contributed by atoms with E-state index in [0.717, 1.165) is 6.20 Å². The van der Waals surface area contributed by atoms with Crippen LogP contribution in [0.5, 0.6) is 0 Å². The number of hydrogen-bond acceptors (Lipinski definition) is 4. The highest BCUT2D eigenvalue weighted by Gasteiger charge is 2.33. The number of carboxylic acid groups (broad SMARTS) is 1. The lowest BCUT2D eigenvalue weighted by Gasteiger charge is -2.32. The van der Waals surface area contributed by atoms with Crippen molar-refractivity contribution in [3.63, 3.8) is 0 Å². The molecule has 1 aliphatic heterocycles. The van der Waals surface area contributed by atoms with Crippen molar-refractivity contribution in [2.24, 2.45) is 0 Å². The van der Waals surface area contributed by atoms with Gasteiger partial charge in [-0.3, -0.25) is 9.78 Å². The summed E-state index contributed by atoms with van der Waals surface area (Å²) in [6.45, 7) is 0.308. The standard InChI is InChI=1S/C11H11FN2O3S/c12-8-5-13-2-1-7(8)10(15)14-3-4-18-6-9(14)11(16)17/h1-2,5,9H,3-4,6H2,(H,16,17). The highest BCUT2D eigenvalue weighted by Crippen LogP contribution is 2.20. The van der Waals surface area contributed by atoms with Crippen LogP contribution in [0.3, 0.4) is 0 Å². The number of carboxylic acids is 1. The van der Waals surface area contributed by atoms with Gasteiger partial charge in [0.2, 0.25) is 0 Å². The van der Waals surface area contributed by atoms with Crippen LogP contribution >= 0.6 is 11.8 Å². The van der Waals surface area contributed by atoms with Gasteiger partial charge in [-0.1, -0.05) is 0 Å². The molecule has 0 saturated carbocycles. The van der Waals surface area contributed by atoms with Gasteiger partial charge in [-0.15, -0.1) is 0 Å². The third-order valence-corrected chi connectivity index (χ3v) is 3.70. The lowest BCUT2D eigenvalue weighted by molar-refractivity contribution is -0.141. The number of aliphatic carboxylic acids is 1. The Morgan fingerprint density at radius 3 is 3.00 bits per heavy atom. The van der Waals surface area contributed by atoms with Crippen LogP contribution in [0.4, 0.5) is 4.39 Å². The first-order valence-corrected chi connectivity index (χ1v) is 6.47. The summed E-state index contributed by atoms with van der Waals surface area (Å²) in [7, 11) is 0. The van der Waals surface area contributed by atoms with E-state index in [1.807, 2.05) is 0 Å². The second-order valence-electron chi connectivity index (χ2n) is 3.78. The van der Waals surface area contributed by atoms with Gasteiger partial charge in [0, 0.05) is 24.2 Å². The Kier molecular flexibility index (Phi) is 3.81. The second-order valence-corrected chi connectivity index (χ2v) is 4.93. The second kappa shape index (κ2) is 5.34. The van der Waals surface area contributed by atoms with Gasteiger partial charge in [-0.25, -0.2) is 9.18 Å². The highest BCUT2D eigenvalue weighted by atomic mass is 32.2. The maximum Gasteiger partial charge on any atom is 0.327 e. The third kappa shape index (κ3) is 2.45. The minimum Gasteiger partial charge on any atom is -0.480 e. The van der Waals surface area contributed by atoms with Crippen LogP contribution in [0.25, 0.3) is 0 Å². The average molecular weight is 270 g/mol. The largest absolute Gasteiger partial charge is 0.480 e. The van der Waals surface area contributed by atoms with Crippen molar-refractivity contribution in [1.29, 1.82) is 0 Å². The molecule has 18 heavy (non-hydrogen) atoms. The van der Waals surface area contributed by atoms with Crippen LogP contribution < -0.4 is 0 Å². The Labute approximate surface area is 107 Å². The van der Waals surface area contributed by atoms with Crippen LogP contribution in [-0.4, -0.2) is 51.0 Å². The van der Waals surface area contributed by atoms with Crippen LogP contribution in [0, 0.1) is 5.82 Å². The zero-order valence-electron chi connectivity index (χ0n) is 9.38. The lowest BCUT2D eigenvalue weighted by Crippen LogP contribution is -2.50. The van der Waals surface area contributed by atoms with E-state index in [4.69, 9.17) is 5.11 Å². The molecule has 0 aromatic carbocycles. The van der Waals surface area contributed by atoms with Gasteiger partial charge in [0.25, 0.3) is 5.91 Å². The number of carbonyl (C=O) groups is 2. The molecule has 1 fully saturated rings. The predicted octanol–water partition coefficient (Wildman–Crippen LogP) is 0.863. The number of rotatable bonds is 2. The molecule has 2 heterocycles. The Morgan fingerprint density at radius 2 is 2.33 bits per heavy atom. The summed E-state index contributed by atoms with van der Waals surface area (Å²) in [5, 5.41) is 9.06. The Morgan fingerprint density at radius 1 is 1.56 bits per heavy atom. The zero-order valence-corrected chi connectivity index (χ0v) is 10.2. The number of pyridine rings is 1. The Hall–Kier alpha value is -1.63. The minimum atomic E-state index is -1.06. The summed E-state index contributed by atoms with van der Waals surface area (Å²) in [6, 6.07) is 0.363. The molecule has 7 heteroatoms. The number of nitrogens with zero attached hydrogens (tertiary/aromatic N) is 2. The first-order valence-electron chi connectivity index (χ1n) is 5.32. The summed E-state index contributed by atoms with van der Waals surface area (Å²) in [6.07, 6.45) is 2.26. The monoisotopic (exact) mass is 270 g/mol. The van der Waals surface area contributed by atoms with Crippen molar-refractivity contribution in [1.82, 2.24) is 9.88 Å². The van der Waals surface area contributed by atoms with Gasteiger partial charge in [-0.05, 0) is 6.07 Å². The number of amides is 1. The maximum atomic E-state index is 13.5. The minimum absolute atomic E-state index is 0.136. The van der Waals surface area contributed by atoms with Crippen molar-refractivity contribution >= 4 is 23.6 Å². The topological polar surface area (TPSA) is 70.5 Å². The van der Waals surface area contributed by atoms with Crippen molar-refractivity contribution in [2.45, 2.75) is 6.04 Å². The molecule has 0 spiro atoms. The Balaban J connectivity index is 2.27. The molecule has 1 atom stereocenters. The fourth-order valence-corrected chi connectivity index (χ4v) is 2.79. The van der Waals surface area contributed by atoms with Crippen LogP contribution in [0.2, 0.25) is 0 Å². The van der Waals surface area contributed by atoms with Crippen molar-refractivity contribution in [2.75, 3.05) is 18.1 Å². The number of hydrogen-bond donors (Lipinski definition) is 1. The summed E-state index contributed by atoms with van der Waals surface area (Å²) in [5.41, 5.74) is -0.136. The number of aromatic nitrogens is 1. The van der Waals surface area contributed by atoms with E-state index in [9.17, 15) is 14.0 Å². The molecule has 1 amide bonds. The van der Waals surface area contributed by atoms with Gasteiger partial charge in [-0.2, -0.15) is 11.8 Å². The summed E-state index contributed by atoms with van der Waals surface area (Å²) >= 11 is 1.47. The van der Waals surface area contributed by atoms with E-state index < -0.39 is 23.7 Å². The predicted molar refractivity (Wildman–Crippen MR) is 64.0 cm³/mol. The Bertz CT molecular complexity index is 483. The SMILES string of the molecule is O=C(O)C1CSCCN1C(=O)c1ccncc1F. The molecule has 1 unspecified atom stereocenters. The van der Waals surface area contributed by atoms with E-state index >= 15 is 0 Å².